The lowest BCUT2D eigenvalue weighted by Crippen LogP contribution is -2.18. The van der Waals surface area contributed by atoms with Crippen molar-refractivity contribution >= 4 is 23.0 Å². The van der Waals surface area contributed by atoms with E-state index in [4.69, 9.17) is 14.2 Å². The third kappa shape index (κ3) is 4.56. The summed E-state index contributed by atoms with van der Waals surface area (Å²) < 4.78 is 17.0. The van der Waals surface area contributed by atoms with Crippen LogP contribution in [0, 0.1) is 6.92 Å². The summed E-state index contributed by atoms with van der Waals surface area (Å²) in [6, 6.07) is 11.2. The number of nitrogens with one attached hydrogen (secondary N) is 2. The van der Waals surface area contributed by atoms with Gasteiger partial charge in [-0.3, -0.25) is 4.79 Å². The van der Waals surface area contributed by atoms with Gasteiger partial charge in [-0.15, -0.1) is 0 Å². The van der Waals surface area contributed by atoms with Gasteiger partial charge in [0.25, 0.3) is 5.91 Å². The second-order valence-electron chi connectivity index (χ2n) is 6.51. The molecule has 3 aromatic rings. The molecule has 158 valence electrons. The van der Waals surface area contributed by atoms with Crippen molar-refractivity contribution < 1.29 is 19.0 Å². The third-order valence-corrected chi connectivity index (χ3v) is 4.47. The summed E-state index contributed by atoms with van der Waals surface area (Å²) in [5, 5.41) is 5.20. The minimum Gasteiger partial charge on any atom is -0.490 e. The highest BCUT2D eigenvalue weighted by Gasteiger charge is 2.18. The van der Waals surface area contributed by atoms with Crippen LogP contribution in [0.25, 0.3) is 10.9 Å². The van der Waals surface area contributed by atoms with Crippen LogP contribution in [0.15, 0.2) is 41.5 Å². The van der Waals surface area contributed by atoms with Crippen molar-refractivity contribution in [2.24, 2.45) is 5.10 Å². The maximum atomic E-state index is 12.7. The van der Waals surface area contributed by atoms with E-state index < -0.39 is 0 Å². The van der Waals surface area contributed by atoms with Gasteiger partial charge in [0.1, 0.15) is 0 Å². The Labute approximate surface area is 176 Å². The largest absolute Gasteiger partial charge is 0.490 e. The van der Waals surface area contributed by atoms with Gasteiger partial charge in [-0.05, 0) is 45.9 Å². The molecule has 0 saturated heterocycles. The van der Waals surface area contributed by atoms with Crippen LogP contribution in [0.4, 0.5) is 0 Å². The average molecular weight is 409 g/mol. The number of fused-ring (bicyclic) bond motifs is 1. The van der Waals surface area contributed by atoms with Gasteiger partial charge in [-0.2, -0.15) is 5.10 Å². The Balaban J connectivity index is 1.85. The Morgan fingerprint density at radius 2 is 1.67 bits per heavy atom. The minimum atomic E-state index is -0.367. The average Bonchev–Trinajstić information content (AvgIpc) is 3.05. The summed E-state index contributed by atoms with van der Waals surface area (Å²) >= 11 is 0. The van der Waals surface area contributed by atoms with Gasteiger partial charge in [0, 0.05) is 27.7 Å². The molecule has 0 spiro atoms. The number of nitrogens with zero attached hydrogens (tertiary/aromatic N) is 1. The molecule has 0 fully saturated rings. The standard InChI is InChI=1S/C23H27N3O4/c1-5-28-20-12-16(13-21(29-6-2)22(20)30-7-3)23(27)26-24-14-18-15(4)25-19-11-9-8-10-17(18)19/h8-14,25H,5-7H2,1-4H3,(H,26,27)/b24-14-. The fourth-order valence-corrected chi connectivity index (χ4v) is 3.20. The second-order valence-corrected chi connectivity index (χ2v) is 6.51. The van der Waals surface area contributed by atoms with Gasteiger partial charge < -0.3 is 19.2 Å². The Morgan fingerprint density at radius 3 is 2.30 bits per heavy atom. The van der Waals surface area contributed by atoms with Crippen molar-refractivity contribution in [3.8, 4) is 17.2 Å². The summed E-state index contributed by atoms with van der Waals surface area (Å²) in [6.45, 7) is 8.93. The summed E-state index contributed by atoms with van der Waals surface area (Å²) in [5.74, 6) is 1.06. The van der Waals surface area contributed by atoms with Gasteiger partial charge in [0.05, 0.1) is 26.0 Å². The van der Waals surface area contributed by atoms with Crippen molar-refractivity contribution in [3.05, 3.63) is 53.2 Å². The molecule has 3 rings (SSSR count). The van der Waals surface area contributed by atoms with Gasteiger partial charge in [0.15, 0.2) is 11.5 Å². The summed E-state index contributed by atoms with van der Waals surface area (Å²) in [7, 11) is 0. The Bertz CT molecular complexity index is 1030. The van der Waals surface area contributed by atoms with Gasteiger partial charge in [-0.1, -0.05) is 18.2 Å². The molecule has 0 aliphatic rings. The molecule has 0 atom stereocenters. The number of hydrogen-bond acceptors (Lipinski definition) is 5. The summed E-state index contributed by atoms with van der Waals surface area (Å²) in [5.41, 5.74) is 5.89. The molecule has 1 heterocycles. The number of benzene rings is 2. The number of amides is 1. The van der Waals surface area contributed by atoms with Crippen molar-refractivity contribution in [3.63, 3.8) is 0 Å². The van der Waals surface area contributed by atoms with Crippen LogP contribution in [-0.4, -0.2) is 36.9 Å². The maximum absolute atomic E-state index is 12.7. The van der Waals surface area contributed by atoms with Gasteiger partial charge in [-0.25, -0.2) is 5.43 Å². The number of aromatic nitrogens is 1. The normalized spacial score (nSPS) is 11.1. The highest BCUT2D eigenvalue weighted by atomic mass is 16.5. The quantitative estimate of drug-likeness (QED) is 0.404. The molecule has 1 aromatic heterocycles. The highest BCUT2D eigenvalue weighted by molar-refractivity contribution is 6.01. The predicted octanol–water partition coefficient (Wildman–Crippen LogP) is 4.44. The number of aryl methyl sites for hydroxylation is 1. The molecule has 2 N–H and O–H groups in total. The van der Waals surface area contributed by atoms with Crippen LogP contribution in [0.5, 0.6) is 17.2 Å². The van der Waals surface area contributed by atoms with Crippen LogP contribution in [0.2, 0.25) is 0 Å². The van der Waals surface area contributed by atoms with Crippen molar-refractivity contribution in [2.45, 2.75) is 27.7 Å². The van der Waals surface area contributed by atoms with Crippen LogP contribution in [-0.2, 0) is 0 Å². The molecular weight excluding hydrogens is 382 g/mol. The first kappa shape index (κ1) is 21.2. The van der Waals surface area contributed by atoms with E-state index in [0.29, 0.717) is 42.6 Å². The molecule has 0 saturated carbocycles. The van der Waals surface area contributed by atoms with Gasteiger partial charge >= 0.3 is 0 Å². The zero-order valence-electron chi connectivity index (χ0n) is 17.7. The molecule has 7 nitrogen and oxygen atoms in total. The van der Waals surface area contributed by atoms with Gasteiger partial charge in [0.2, 0.25) is 5.75 Å². The zero-order valence-corrected chi connectivity index (χ0v) is 17.7. The molecule has 0 aliphatic heterocycles. The first-order valence-electron chi connectivity index (χ1n) is 10.1. The molecule has 1 amide bonds. The van der Waals surface area contributed by atoms with E-state index in [1.165, 1.54) is 0 Å². The maximum Gasteiger partial charge on any atom is 0.271 e. The lowest BCUT2D eigenvalue weighted by molar-refractivity contribution is 0.0954. The van der Waals surface area contributed by atoms with Crippen molar-refractivity contribution in [1.82, 2.24) is 10.4 Å². The third-order valence-electron chi connectivity index (χ3n) is 4.47. The predicted molar refractivity (Wildman–Crippen MR) is 118 cm³/mol. The van der Waals surface area contributed by atoms with E-state index in [9.17, 15) is 4.79 Å². The Hall–Kier alpha value is -3.48. The lowest BCUT2D eigenvalue weighted by atomic mass is 10.1. The fourth-order valence-electron chi connectivity index (χ4n) is 3.20. The molecule has 0 radical (unpaired) electrons. The number of aromatic amines is 1. The topological polar surface area (TPSA) is 84.9 Å². The first-order valence-corrected chi connectivity index (χ1v) is 10.1. The highest BCUT2D eigenvalue weighted by Crippen LogP contribution is 2.39. The minimum absolute atomic E-state index is 0.367. The van der Waals surface area contributed by atoms with E-state index in [-0.39, 0.29) is 5.91 Å². The zero-order chi connectivity index (χ0) is 21.5. The SMILES string of the molecule is CCOc1cc(C(=O)N/N=C\c2c(C)[nH]c3ccccc23)cc(OCC)c1OCC. The van der Waals surface area contributed by atoms with Crippen LogP contribution in [0.1, 0.15) is 42.4 Å². The molecule has 0 bridgehead atoms. The number of hydrazone groups is 1. The van der Waals surface area contributed by atoms with E-state index in [1.54, 1.807) is 18.3 Å². The van der Waals surface area contributed by atoms with E-state index in [1.807, 2.05) is 52.0 Å². The van der Waals surface area contributed by atoms with E-state index in [0.717, 1.165) is 22.2 Å². The smallest absolute Gasteiger partial charge is 0.271 e. The Kier molecular flexibility index (Phi) is 6.95. The molecule has 30 heavy (non-hydrogen) atoms. The molecule has 7 heteroatoms. The first-order chi connectivity index (χ1) is 14.6. The number of carbonyl (C=O) groups is 1. The second kappa shape index (κ2) is 9.82. The Morgan fingerprint density at radius 1 is 1.03 bits per heavy atom. The molecular formula is C23H27N3O4. The summed E-state index contributed by atoms with van der Waals surface area (Å²) in [4.78, 5) is 16.0. The van der Waals surface area contributed by atoms with E-state index in [2.05, 4.69) is 15.5 Å². The van der Waals surface area contributed by atoms with Crippen molar-refractivity contribution in [2.75, 3.05) is 19.8 Å². The molecule has 0 aliphatic carbocycles. The summed E-state index contributed by atoms with van der Waals surface area (Å²) in [6.07, 6.45) is 1.65. The van der Waals surface area contributed by atoms with Crippen molar-refractivity contribution in [1.29, 1.82) is 0 Å². The number of rotatable bonds is 9. The monoisotopic (exact) mass is 409 g/mol. The number of carbonyl (C=O) groups excluding carboxylic acids is 1. The van der Waals surface area contributed by atoms with E-state index >= 15 is 0 Å². The van der Waals surface area contributed by atoms with Crippen LogP contribution < -0.4 is 19.6 Å². The number of para-hydroxylation sites is 1. The number of hydrogen-bond donors (Lipinski definition) is 2. The van der Waals surface area contributed by atoms with Crippen LogP contribution >= 0.6 is 0 Å². The molecule has 0 unspecified atom stereocenters. The number of ether oxygens (including phenoxy) is 3. The molecule has 2 aromatic carbocycles. The lowest BCUT2D eigenvalue weighted by Gasteiger charge is -2.16. The van der Waals surface area contributed by atoms with Crippen LogP contribution in [0.3, 0.4) is 0 Å². The fraction of sp³-hybridized carbons (Fsp3) is 0.304. The number of H-pyrrole nitrogens is 1.